The standard InChI is InChI=1S/C11H13Cl2NO2/c1-7-3-2-4-9(13)8(7)5-11(14,6-12)10(15)16/h2-4H,5-6,14H2,1H3,(H,15,16). The lowest BCUT2D eigenvalue weighted by Crippen LogP contribution is -2.51. The molecule has 0 amide bonds. The molecule has 16 heavy (non-hydrogen) atoms. The number of alkyl halides is 1. The number of carboxylic acid groups (broad SMARTS) is 1. The Morgan fingerprint density at radius 1 is 1.56 bits per heavy atom. The maximum absolute atomic E-state index is 11.0. The van der Waals surface area contributed by atoms with Crippen molar-refractivity contribution in [1.82, 2.24) is 0 Å². The van der Waals surface area contributed by atoms with Gasteiger partial charge in [0.25, 0.3) is 0 Å². The van der Waals surface area contributed by atoms with Crippen LogP contribution >= 0.6 is 23.2 Å². The fourth-order valence-corrected chi connectivity index (χ4v) is 1.88. The predicted molar refractivity (Wildman–Crippen MR) is 65.2 cm³/mol. The van der Waals surface area contributed by atoms with Crippen molar-refractivity contribution < 1.29 is 9.90 Å². The van der Waals surface area contributed by atoms with Gasteiger partial charge in [-0.15, -0.1) is 11.6 Å². The van der Waals surface area contributed by atoms with Crippen molar-refractivity contribution in [2.75, 3.05) is 5.88 Å². The summed E-state index contributed by atoms with van der Waals surface area (Å²) in [6, 6.07) is 5.37. The SMILES string of the molecule is Cc1cccc(Cl)c1CC(N)(CCl)C(=O)O. The van der Waals surface area contributed by atoms with Crippen molar-refractivity contribution in [3.63, 3.8) is 0 Å². The van der Waals surface area contributed by atoms with Crippen LogP contribution in [0.25, 0.3) is 0 Å². The first-order valence-electron chi connectivity index (χ1n) is 4.73. The Bertz CT molecular complexity index is 389. The van der Waals surface area contributed by atoms with Crippen LogP contribution in [0.2, 0.25) is 5.02 Å². The summed E-state index contributed by atoms with van der Waals surface area (Å²) in [6.45, 7) is 1.86. The summed E-state index contributed by atoms with van der Waals surface area (Å²) >= 11 is 11.6. The Hall–Kier alpha value is -0.770. The van der Waals surface area contributed by atoms with Gasteiger partial charge in [0.2, 0.25) is 0 Å². The second-order valence-corrected chi connectivity index (χ2v) is 4.48. The molecular weight excluding hydrogens is 249 g/mol. The van der Waals surface area contributed by atoms with Gasteiger partial charge in [-0.05, 0) is 24.1 Å². The average molecular weight is 262 g/mol. The molecule has 3 nitrogen and oxygen atoms in total. The largest absolute Gasteiger partial charge is 0.480 e. The maximum atomic E-state index is 11.0. The number of hydrogen-bond donors (Lipinski definition) is 2. The fourth-order valence-electron chi connectivity index (χ4n) is 1.39. The fraction of sp³-hybridized carbons (Fsp3) is 0.364. The van der Waals surface area contributed by atoms with Crippen molar-refractivity contribution in [1.29, 1.82) is 0 Å². The Morgan fingerprint density at radius 3 is 2.62 bits per heavy atom. The molecule has 0 spiro atoms. The molecule has 0 heterocycles. The summed E-state index contributed by atoms with van der Waals surface area (Å²) in [6.07, 6.45) is 0.122. The lowest BCUT2D eigenvalue weighted by Gasteiger charge is -2.23. The highest BCUT2D eigenvalue weighted by Gasteiger charge is 2.34. The Labute approximate surface area is 104 Å². The molecular formula is C11H13Cl2NO2. The Kier molecular flexibility index (Phi) is 4.19. The van der Waals surface area contributed by atoms with E-state index in [-0.39, 0.29) is 12.3 Å². The van der Waals surface area contributed by atoms with Crippen molar-refractivity contribution >= 4 is 29.2 Å². The van der Waals surface area contributed by atoms with E-state index in [9.17, 15) is 4.79 Å². The summed E-state index contributed by atoms with van der Waals surface area (Å²) in [5, 5.41) is 9.54. The lowest BCUT2D eigenvalue weighted by atomic mass is 9.91. The zero-order valence-corrected chi connectivity index (χ0v) is 10.3. The van der Waals surface area contributed by atoms with Crippen LogP contribution in [-0.2, 0) is 11.2 Å². The van der Waals surface area contributed by atoms with Crippen LogP contribution in [0.15, 0.2) is 18.2 Å². The van der Waals surface area contributed by atoms with Gasteiger partial charge in [0.1, 0.15) is 5.54 Å². The molecule has 3 N–H and O–H groups in total. The molecule has 1 unspecified atom stereocenters. The molecule has 0 aliphatic carbocycles. The summed E-state index contributed by atoms with van der Waals surface area (Å²) in [5.41, 5.74) is 5.89. The van der Waals surface area contributed by atoms with Crippen LogP contribution < -0.4 is 5.73 Å². The molecule has 0 saturated heterocycles. The van der Waals surface area contributed by atoms with Gasteiger partial charge in [0.15, 0.2) is 0 Å². The van der Waals surface area contributed by atoms with Crippen molar-refractivity contribution in [2.24, 2.45) is 5.73 Å². The van der Waals surface area contributed by atoms with E-state index < -0.39 is 11.5 Å². The molecule has 0 radical (unpaired) electrons. The number of rotatable bonds is 4. The molecule has 0 aliphatic heterocycles. The van der Waals surface area contributed by atoms with Crippen LogP contribution in [0.5, 0.6) is 0 Å². The molecule has 5 heteroatoms. The van der Waals surface area contributed by atoms with Crippen molar-refractivity contribution in [3.8, 4) is 0 Å². The van der Waals surface area contributed by atoms with E-state index in [1.807, 2.05) is 13.0 Å². The highest BCUT2D eigenvalue weighted by molar-refractivity contribution is 6.31. The highest BCUT2D eigenvalue weighted by Crippen LogP contribution is 2.24. The van der Waals surface area contributed by atoms with Crippen LogP contribution in [0.1, 0.15) is 11.1 Å². The van der Waals surface area contributed by atoms with Crippen LogP contribution in [-0.4, -0.2) is 22.5 Å². The number of carbonyl (C=O) groups is 1. The first-order chi connectivity index (χ1) is 7.40. The smallest absolute Gasteiger partial charge is 0.325 e. The molecule has 1 rings (SSSR count). The predicted octanol–water partition coefficient (Wildman–Crippen LogP) is 2.21. The van der Waals surface area contributed by atoms with Gasteiger partial charge in [-0.25, -0.2) is 0 Å². The first kappa shape index (κ1) is 13.3. The quantitative estimate of drug-likeness (QED) is 0.818. The lowest BCUT2D eigenvalue weighted by molar-refractivity contribution is -0.142. The van der Waals surface area contributed by atoms with E-state index >= 15 is 0 Å². The zero-order chi connectivity index (χ0) is 12.3. The first-order valence-corrected chi connectivity index (χ1v) is 5.64. The monoisotopic (exact) mass is 261 g/mol. The number of hydrogen-bond acceptors (Lipinski definition) is 2. The number of aliphatic carboxylic acids is 1. The van der Waals surface area contributed by atoms with E-state index in [0.717, 1.165) is 11.1 Å². The molecule has 1 aromatic carbocycles. The average Bonchev–Trinajstić information content (AvgIpc) is 2.23. The van der Waals surface area contributed by atoms with Gasteiger partial charge >= 0.3 is 5.97 Å². The minimum atomic E-state index is -1.47. The van der Waals surface area contributed by atoms with Gasteiger partial charge in [-0.1, -0.05) is 23.7 Å². The number of carboxylic acids is 1. The summed E-state index contributed by atoms with van der Waals surface area (Å²) < 4.78 is 0. The molecule has 0 fully saturated rings. The second-order valence-electron chi connectivity index (χ2n) is 3.81. The van der Waals surface area contributed by atoms with Crippen LogP contribution in [0.4, 0.5) is 0 Å². The second kappa shape index (κ2) is 5.04. The number of benzene rings is 1. The number of aryl methyl sites for hydroxylation is 1. The van der Waals surface area contributed by atoms with Crippen molar-refractivity contribution in [2.45, 2.75) is 18.9 Å². The molecule has 88 valence electrons. The van der Waals surface area contributed by atoms with Gasteiger partial charge < -0.3 is 10.8 Å². The third-order valence-electron chi connectivity index (χ3n) is 2.51. The normalized spacial score (nSPS) is 14.5. The van der Waals surface area contributed by atoms with Crippen LogP contribution in [0, 0.1) is 6.92 Å². The van der Waals surface area contributed by atoms with E-state index in [4.69, 9.17) is 34.0 Å². The molecule has 1 atom stereocenters. The topological polar surface area (TPSA) is 63.3 Å². The summed E-state index contributed by atoms with van der Waals surface area (Å²) in [7, 11) is 0. The molecule has 0 aliphatic rings. The van der Waals surface area contributed by atoms with E-state index in [0.29, 0.717) is 5.02 Å². The van der Waals surface area contributed by atoms with Crippen LogP contribution in [0.3, 0.4) is 0 Å². The summed E-state index contributed by atoms with van der Waals surface area (Å²) in [5.74, 6) is -1.28. The van der Waals surface area contributed by atoms with Crippen molar-refractivity contribution in [3.05, 3.63) is 34.3 Å². The Balaban J connectivity index is 3.08. The minimum absolute atomic E-state index is 0.122. The van der Waals surface area contributed by atoms with Gasteiger partial charge in [0, 0.05) is 11.4 Å². The highest BCUT2D eigenvalue weighted by atomic mass is 35.5. The number of halogens is 2. The minimum Gasteiger partial charge on any atom is -0.480 e. The zero-order valence-electron chi connectivity index (χ0n) is 8.84. The van der Waals surface area contributed by atoms with E-state index in [2.05, 4.69) is 0 Å². The molecule has 1 aromatic rings. The van der Waals surface area contributed by atoms with Gasteiger partial charge in [-0.2, -0.15) is 0 Å². The molecule has 0 bridgehead atoms. The van der Waals surface area contributed by atoms with E-state index in [1.54, 1.807) is 12.1 Å². The third kappa shape index (κ3) is 2.67. The number of nitrogens with two attached hydrogens (primary N) is 1. The Morgan fingerprint density at radius 2 is 2.19 bits per heavy atom. The van der Waals surface area contributed by atoms with Gasteiger partial charge in [0.05, 0.1) is 5.88 Å². The maximum Gasteiger partial charge on any atom is 0.325 e. The molecule has 0 aromatic heterocycles. The summed E-state index contributed by atoms with van der Waals surface area (Å²) in [4.78, 5) is 11.0. The molecule has 0 saturated carbocycles. The van der Waals surface area contributed by atoms with Gasteiger partial charge in [-0.3, -0.25) is 4.79 Å². The van der Waals surface area contributed by atoms with E-state index in [1.165, 1.54) is 0 Å². The third-order valence-corrected chi connectivity index (χ3v) is 3.34.